The number of alkyl halides is 3. The summed E-state index contributed by atoms with van der Waals surface area (Å²) in [6, 6.07) is 5.02. The Labute approximate surface area is 91.9 Å². The molecule has 0 aliphatic carbocycles. The Morgan fingerprint density at radius 1 is 1.38 bits per heavy atom. The van der Waals surface area contributed by atoms with E-state index in [1.54, 1.807) is 6.07 Å². The number of aryl methyl sites for hydroxylation is 1. The summed E-state index contributed by atoms with van der Waals surface area (Å²) in [4.78, 5) is 0. The van der Waals surface area contributed by atoms with E-state index in [4.69, 9.17) is 11.5 Å². The number of aliphatic hydroxyl groups is 1. The number of terminal acetylenes is 1. The van der Waals surface area contributed by atoms with E-state index in [0.29, 0.717) is 12.0 Å². The van der Waals surface area contributed by atoms with Crippen LogP contribution in [0.3, 0.4) is 0 Å². The van der Waals surface area contributed by atoms with Crippen LogP contribution in [0.2, 0.25) is 0 Å². The highest BCUT2D eigenvalue weighted by Gasteiger charge is 2.30. The fourth-order valence-electron chi connectivity index (χ4n) is 1.29. The topological polar surface area (TPSA) is 20.2 Å². The third-order valence-corrected chi connectivity index (χ3v) is 2.15. The Balaban J connectivity index is 2.73. The molecule has 0 saturated carbocycles. The van der Waals surface area contributed by atoms with Crippen LogP contribution in [0.25, 0.3) is 0 Å². The monoisotopic (exact) mass is 228 g/mol. The average molecular weight is 228 g/mol. The van der Waals surface area contributed by atoms with E-state index in [9.17, 15) is 13.2 Å². The normalized spacial score (nSPS) is 13.2. The van der Waals surface area contributed by atoms with Crippen LogP contribution in [0.5, 0.6) is 0 Å². The van der Waals surface area contributed by atoms with Gasteiger partial charge in [0.05, 0.1) is 5.56 Å². The lowest BCUT2D eigenvalue weighted by molar-refractivity contribution is -0.137. The van der Waals surface area contributed by atoms with Crippen LogP contribution in [0.4, 0.5) is 13.2 Å². The lowest BCUT2D eigenvalue weighted by Gasteiger charge is -2.09. The van der Waals surface area contributed by atoms with Gasteiger partial charge in [-0.25, -0.2) is 0 Å². The molecule has 0 aliphatic rings. The van der Waals surface area contributed by atoms with Gasteiger partial charge in [-0.2, -0.15) is 13.2 Å². The minimum Gasteiger partial charge on any atom is -0.380 e. The van der Waals surface area contributed by atoms with Gasteiger partial charge in [0.25, 0.3) is 0 Å². The van der Waals surface area contributed by atoms with Gasteiger partial charge in [-0.15, -0.1) is 6.42 Å². The minimum absolute atomic E-state index is 0.262. The molecule has 1 nitrogen and oxygen atoms in total. The molecule has 0 heterocycles. The summed E-state index contributed by atoms with van der Waals surface area (Å²) in [5.41, 5.74) is -0.163. The minimum atomic E-state index is -4.33. The standard InChI is InChI=1S/C12H11F3O/c1-2-11(16)7-6-9-4-3-5-10(8-9)12(13,14)15/h1,3-5,8,11,16H,6-7H2. The largest absolute Gasteiger partial charge is 0.416 e. The second kappa shape index (κ2) is 5.04. The van der Waals surface area contributed by atoms with E-state index in [-0.39, 0.29) is 6.42 Å². The predicted molar refractivity (Wildman–Crippen MR) is 54.6 cm³/mol. The van der Waals surface area contributed by atoms with E-state index >= 15 is 0 Å². The van der Waals surface area contributed by atoms with Crippen LogP contribution in [0, 0.1) is 12.3 Å². The molecule has 0 bridgehead atoms. The molecule has 0 amide bonds. The first-order valence-electron chi connectivity index (χ1n) is 4.74. The van der Waals surface area contributed by atoms with Crippen LogP contribution in [0.1, 0.15) is 17.5 Å². The summed E-state index contributed by atoms with van der Waals surface area (Å²) < 4.78 is 37.1. The van der Waals surface area contributed by atoms with Crippen LogP contribution >= 0.6 is 0 Å². The SMILES string of the molecule is C#CC(O)CCc1cccc(C(F)(F)F)c1. The smallest absolute Gasteiger partial charge is 0.380 e. The van der Waals surface area contributed by atoms with Crippen molar-refractivity contribution in [1.82, 2.24) is 0 Å². The molecule has 0 fully saturated rings. The Bertz CT molecular complexity index is 390. The van der Waals surface area contributed by atoms with Crippen molar-refractivity contribution in [3.05, 3.63) is 35.4 Å². The zero-order chi connectivity index (χ0) is 12.2. The first-order chi connectivity index (χ1) is 7.43. The number of aliphatic hydroxyl groups excluding tert-OH is 1. The maximum Gasteiger partial charge on any atom is 0.416 e. The molecule has 1 aromatic carbocycles. The van der Waals surface area contributed by atoms with Crippen LogP contribution in [-0.2, 0) is 12.6 Å². The Hall–Kier alpha value is -1.47. The summed E-state index contributed by atoms with van der Waals surface area (Å²) >= 11 is 0. The molecule has 0 aliphatic heterocycles. The maximum atomic E-state index is 12.4. The Morgan fingerprint density at radius 3 is 2.62 bits per heavy atom. The van der Waals surface area contributed by atoms with Crippen molar-refractivity contribution in [2.75, 3.05) is 0 Å². The number of benzene rings is 1. The molecule has 1 rings (SSSR count). The van der Waals surface area contributed by atoms with Crippen LogP contribution in [0.15, 0.2) is 24.3 Å². The van der Waals surface area contributed by atoms with Gasteiger partial charge in [0.15, 0.2) is 0 Å². The average Bonchev–Trinajstić information content (AvgIpc) is 2.25. The Kier molecular flexibility index (Phi) is 3.97. The number of rotatable bonds is 3. The number of hydrogen-bond donors (Lipinski definition) is 1. The van der Waals surface area contributed by atoms with E-state index in [1.807, 2.05) is 0 Å². The van der Waals surface area contributed by atoms with E-state index in [1.165, 1.54) is 6.07 Å². The van der Waals surface area contributed by atoms with Gasteiger partial charge in [0, 0.05) is 0 Å². The molecule has 86 valence electrons. The van der Waals surface area contributed by atoms with Gasteiger partial charge in [0.1, 0.15) is 6.10 Å². The summed E-state index contributed by atoms with van der Waals surface area (Å²) in [5, 5.41) is 9.09. The van der Waals surface area contributed by atoms with E-state index < -0.39 is 17.8 Å². The predicted octanol–water partition coefficient (Wildman–Crippen LogP) is 2.63. The highest BCUT2D eigenvalue weighted by atomic mass is 19.4. The summed E-state index contributed by atoms with van der Waals surface area (Å²) in [5.74, 6) is 2.11. The molecule has 0 spiro atoms. The second-order valence-corrected chi connectivity index (χ2v) is 3.42. The molecular formula is C12H11F3O. The van der Waals surface area contributed by atoms with Gasteiger partial charge in [-0.1, -0.05) is 24.1 Å². The molecule has 0 saturated heterocycles. The van der Waals surface area contributed by atoms with Gasteiger partial charge in [0.2, 0.25) is 0 Å². The van der Waals surface area contributed by atoms with E-state index in [0.717, 1.165) is 12.1 Å². The summed E-state index contributed by atoms with van der Waals surface area (Å²) in [6.07, 6.45) is 0.305. The first kappa shape index (κ1) is 12.6. The highest BCUT2D eigenvalue weighted by Crippen LogP contribution is 2.29. The van der Waals surface area contributed by atoms with Crippen molar-refractivity contribution in [2.45, 2.75) is 25.1 Å². The zero-order valence-electron chi connectivity index (χ0n) is 8.46. The summed E-state index contributed by atoms with van der Waals surface area (Å²) in [6.45, 7) is 0. The highest BCUT2D eigenvalue weighted by molar-refractivity contribution is 5.25. The van der Waals surface area contributed by atoms with Gasteiger partial charge >= 0.3 is 6.18 Å². The maximum absolute atomic E-state index is 12.4. The molecule has 4 heteroatoms. The van der Waals surface area contributed by atoms with Gasteiger partial charge in [-0.3, -0.25) is 0 Å². The van der Waals surface area contributed by atoms with Crippen molar-refractivity contribution < 1.29 is 18.3 Å². The number of hydrogen-bond acceptors (Lipinski definition) is 1. The van der Waals surface area contributed by atoms with Crippen molar-refractivity contribution in [1.29, 1.82) is 0 Å². The zero-order valence-corrected chi connectivity index (χ0v) is 8.46. The number of halogens is 3. The second-order valence-electron chi connectivity index (χ2n) is 3.42. The molecule has 1 unspecified atom stereocenters. The molecule has 1 atom stereocenters. The van der Waals surface area contributed by atoms with Crippen LogP contribution in [-0.4, -0.2) is 11.2 Å². The lowest BCUT2D eigenvalue weighted by Crippen LogP contribution is -2.07. The molecule has 1 aromatic rings. The molecule has 0 aromatic heterocycles. The molecule has 16 heavy (non-hydrogen) atoms. The third kappa shape index (κ3) is 3.59. The fraction of sp³-hybridized carbons (Fsp3) is 0.333. The first-order valence-corrected chi connectivity index (χ1v) is 4.74. The van der Waals surface area contributed by atoms with Gasteiger partial charge in [-0.05, 0) is 24.5 Å². The summed E-state index contributed by atoms with van der Waals surface area (Å²) in [7, 11) is 0. The van der Waals surface area contributed by atoms with E-state index in [2.05, 4.69) is 5.92 Å². The van der Waals surface area contributed by atoms with Crippen molar-refractivity contribution in [3.8, 4) is 12.3 Å². The third-order valence-electron chi connectivity index (χ3n) is 2.15. The van der Waals surface area contributed by atoms with Crippen molar-refractivity contribution in [3.63, 3.8) is 0 Å². The quantitative estimate of drug-likeness (QED) is 0.788. The molecular weight excluding hydrogens is 217 g/mol. The molecule has 1 N–H and O–H groups in total. The fourth-order valence-corrected chi connectivity index (χ4v) is 1.29. The van der Waals surface area contributed by atoms with Crippen molar-refractivity contribution >= 4 is 0 Å². The van der Waals surface area contributed by atoms with Crippen LogP contribution < -0.4 is 0 Å². The molecule has 0 radical (unpaired) electrons. The lowest BCUT2D eigenvalue weighted by atomic mass is 10.0. The van der Waals surface area contributed by atoms with Gasteiger partial charge < -0.3 is 5.11 Å². The van der Waals surface area contributed by atoms with Crippen molar-refractivity contribution in [2.24, 2.45) is 0 Å². The Morgan fingerprint density at radius 2 is 2.06 bits per heavy atom.